The van der Waals surface area contributed by atoms with Crippen LogP contribution in [0, 0.1) is 0 Å². The van der Waals surface area contributed by atoms with Crippen LogP contribution < -0.4 is 5.73 Å². The first-order valence-electron chi connectivity index (χ1n) is 8.49. The summed E-state index contributed by atoms with van der Waals surface area (Å²) in [6.07, 6.45) is 12.1. The average Bonchev–Trinajstić information content (AvgIpc) is 2.91. The quantitative estimate of drug-likeness (QED) is 0.700. The Morgan fingerprint density at radius 3 is 2.29 bits per heavy atom. The van der Waals surface area contributed by atoms with Crippen LogP contribution in [0.25, 0.3) is 0 Å². The second kappa shape index (κ2) is 9.92. The zero-order valence-corrected chi connectivity index (χ0v) is 13.3. The van der Waals surface area contributed by atoms with Crippen molar-refractivity contribution in [2.75, 3.05) is 45.8 Å². The summed E-state index contributed by atoms with van der Waals surface area (Å²) in [5.41, 5.74) is 5.55. The van der Waals surface area contributed by atoms with Gasteiger partial charge in [-0.1, -0.05) is 6.42 Å². The van der Waals surface area contributed by atoms with Crippen LogP contribution in [-0.4, -0.2) is 65.2 Å². The third-order valence-corrected chi connectivity index (χ3v) is 4.31. The van der Waals surface area contributed by atoms with Gasteiger partial charge in [0.05, 0.1) is 6.33 Å². The minimum Gasteiger partial charge on any atom is -0.337 e. The lowest BCUT2D eigenvalue weighted by molar-refractivity contribution is 0.249. The maximum absolute atomic E-state index is 5.55. The highest BCUT2D eigenvalue weighted by atomic mass is 15.2. The van der Waals surface area contributed by atoms with Gasteiger partial charge < -0.3 is 20.1 Å². The molecule has 0 atom stereocenters. The Morgan fingerprint density at radius 2 is 1.62 bits per heavy atom. The van der Waals surface area contributed by atoms with Crippen molar-refractivity contribution in [2.24, 2.45) is 5.73 Å². The highest BCUT2D eigenvalue weighted by Crippen LogP contribution is 2.06. The van der Waals surface area contributed by atoms with E-state index in [1.807, 2.05) is 18.7 Å². The van der Waals surface area contributed by atoms with Gasteiger partial charge in [0.25, 0.3) is 0 Å². The molecule has 0 radical (unpaired) electrons. The van der Waals surface area contributed by atoms with E-state index in [2.05, 4.69) is 19.4 Å². The Bertz CT molecular complexity index is 352. The number of unbranched alkanes of at least 4 members (excludes halogenated alkanes) is 2. The standard InChI is InChI=1S/C16H31N5/c17-6-2-1-3-8-19-9-4-10-20(15-14-19)11-5-12-21-13-7-18-16-21/h7,13,16H,1-6,8-12,14-15,17H2. The molecule has 1 aromatic rings. The highest BCUT2D eigenvalue weighted by molar-refractivity contribution is 4.75. The number of hydrogen-bond donors (Lipinski definition) is 1. The minimum atomic E-state index is 0.838. The molecule has 2 rings (SSSR count). The molecule has 21 heavy (non-hydrogen) atoms. The molecule has 1 aromatic heterocycles. The fourth-order valence-corrected chi connectivity index (χ4v) is 3.02. The van der Waals surface area contributed by atoms with E-state index in [9.17, 15) is 0 Å². The van der Waals surface area contributed by atoms with E-state index >= 15 is 0 Å². The summed E-state index contributed by atoms with van der Waals surface area (Å²) < 4.78 is 2.17. The van der Waals surface area contributed by atoms with Gasteiger partial charge in [-0.3, -0.25) is 0 Å². The predicted molar refractivity (Wildman–Crippen MR) is 87.2 cm³/mol. The Kier molecular flexibility index (Phi) is 7.78. The molecule has 5 nitrogen and oxygen atoms in total. The van der Waals surface area contributed by atoms with Crippen LogP contribution in [0.15, 0.2) is 18.7 Å². The van der Waals surface area contributed by atoms with Crippen LogP contribution in [0.2, 0.25) is 0 Å². The van der Waals surface area contributed by atoms with Crippen molar-refractivity contribution in [1.82, 2.24) is 19.4 Å². The van der Waals surface area contributed by atoms with Crippen LogP contribution in [-0.2, 0) is 6.54 Å². The van der Waals surface area contributed by atoms with E-state index < -0.39 is 0 Å². The molecule has 5 heteroatoms. The molecule has 120 valence electrons. The Hall–Kier alpha value is -0.910. The Morgan fingerprint density at radius 1 is 0.857 bits per heavy atom. The normalized spacial score (nSPS) is 18.0. The van der Waals surface area contributed by atoms with Crippen LogP contribution >= 0.6 is 0 Å². The van der Waals surface area contributed by atoms with Crippen LogP contribution in [0.1, 0.15) is 32.1 Å². The number of aromatic nitrogens is 2. The molecule has 0 bridgehead atoms. The SMILES string of the molecule is NCCCCCN1CCCN(CCCn2ccnc2)CC1. The molecular weight excluding hydrogens is 262 g/mol. The number of nitrogens with zero attached hydrogens (tertiary/aromatic N) is 4. The maximum Gasteiger partial charge on any atom is 0.0945 e. The third kappa shape index (κ3) is 6.59. The van der Waals surface area contributed by atoms with Crippen molar-refractivity contribution in [3.63, 3.8) is 0 Å². The van der Waals surface area contributed by atoms with Gasteiger partial charge in [0.1, 0.15) is 0 Å². The molecule has 2 N–H and O–H groups in total. The van der Waals surface area contributed by atoms with Crippen molar-refractivity contribution in [3.05, 3.63) is 18.7 Å². The average molecular weight is 293 g/mol. The zero-order chi connectivity index (χ0) is 14.8. The van der Waals surface area contributed by atoms with Crippen LogP contribution in [0.3, 0.4) is 0 Å². The smallest absolute Gasteiger partial charge is 0.0945 e. The van der Waals surface area contributed by atoms with Crippen LogP contribution in [0.5, 0.6) is 0 Å². The number of hydrogen-bond acceptors (Lipinski definition) is 4. The van der Waals surface area contributed by atoms with Crippen LogP contribution in [0.4, 0.5) is 0 Å². The highest BCUT2D eigenvalue weighted by Gasteiger charge is 2.13. The van der Waals surface area contributed by atoms with Crippen molar-refractivity contribution < 1.29 is 0 Å². The summed E-state index contributed by atoms with van der Waals surface area (Å²) in [7, 11) is 0. The number of imidazole rings is 1. The number of aryl methyl sites for hydroxylation is 1. The maximum atomic E-state index is 5.55. The first-order chi connectivity index (χ1) is 10.4. The third-order valence-electron chi connectivity index (χ3n) is 4.31. The second-order valence-corrected chi connectivity index (χ2v) is 6.04. The van der Waals surface area contributed by atoms with Crippen molar-refractivity contribution in [2.45, 2.75) is 38.6 Å². The Balaban J connectivity index is 1.57. The Labute approximate surface area is 129 Å². The second-order valence-electron chi connectivity index (χ2n) is 6.04. The summed E-state index contributed by atoms with van der Waals surface area (Å²) in [6.45, 7) is 9.35. The summed E-state index contributed by atoms with van der Waals surface area (Å²) in [4.78, 5) is 9.34. The molecule has 0 saturated carbocycles. The topological polar surface area (TPSA) is 50.3 Å². The van der Waals surface area contributed by atoms with E-state index in [0.717, 1.165) is 13.1 Å². The number of rotatable bonds is 9. The monoisotopic (exact) mass is 293 g/mol. The van der Waals surface area contributed by atoms with Gasteiger partial charge in [-0.2, -0.15) is 0 Å². The lowest BCUT2D eigenvalue weighted by Crippen LogP contribution is -2.32. The molecule has 1 aliphatic rings. The molecule has 0 unspecified atom stereocenters. The van der Waals surface area contributed by atoms with E-state index in [-0.39, 0.29) is 0 Å². The molecule has 1 fully saturated rings. The summed E-state index contributed by atoms with van der Waals surface area (Å²) in [6, 6.07) is 0. The molecule has 1 aliphatic heterocycles. The van der Waals surface area contributed by atoms with Gasteiger partial charge >= 0.3 is 0 Å². The number of nitrogens with two attached hydrogens (primary N) is 1. The van der Waals surface area contributed by atoms with E-state index in [0.29, 0.717) is 0 Å². The van der Waals surface area contributed by atoms with E-state index in [1.54, 1.807) is 0 Å². The van der Waals surface area contributed by atoms with Crippen molar-refractivity contribution in [3.8, 4) is 0 Å². The molecule has 1 saturated heterocycles. The minimum absolute atomic E-state index is 0.838. The summed E-state index contributed by atoms with van der Waals surface area (Å²) in [5.74, 6) is 0. The zero-order valence-electron chi connectivity index (χ0n) is 13.3. The van der Waals surface area contributed by atoms with Gasteiger partial charge in [0.2, 0.25) is 0 Å². The van der Waals surface area contributed by atoms with E-state index in [4.69, 9.17) is 5.73 Å². The largest absolute Gasteiger partial charge is 0.337 e. The molecule has 0 aliphatic carbocycles. The van der Waals surface area contributed by atoms with Gasteiger partial charge in [0, 0.05) is 32.0 Å². The van der Waals surface area contributed by atoms with Gasteiger partial charge in [-0.05, 0) is 58.4 Å². The van der Waals surface area contributed by atoms with Crippen molar-refractivity contribution >= 4 is 0 Å². The lowest BCUT2D eigenvalue weighted by atomic mass is 10.2. The molecule has 0 spiro atoms. The lowest BCUT2D eigenvalue weighted by Gasteiger charge is -2.21. The van der Waals surface area contributed by atoms with Gasteiger partial charge in [0.15, 0.2) is 0 Å². The molecule has 0 amide bonds. The molecule has 2 heterocycles. The summed E-state index contributed by atoms with van der Waals surface area (Å²) >= 11 is 0. The van der Waals surface area contributed by atoms with Gasteiger partial charge in [-0.15, -0.1) is 0 Å². The first kappa shape index (κ1) is 16.5. The fourth-order valence-electron chi connectivity index (χ4n) is 3.02. The molecular formula is C16H31N5. The first-order valence-corrected chi connectivity index (χ1v) is 8.49. The van der Waals surface area contributed by atoms with Gasteiger partial charge in [-0.25, -0.2) is 4.98 Å². The predicted octanol–water partition coefficient (Wildman–Crippen LogP) is 1.41. The van der Waals surface area contributed by atoms with Crippen molar-refractivity contribution in [1.29, 1.82) is 0 Å². The fraction of sp³-hybridized carbons (Fsp3) is 0.812. The summed E-state index contributed by atoms with van der Waals surface area (Å²) in [5, 5.41) is 0. The molecule has 0 aromatic carbocycles. The van der Waals surface area contributed by atoms with E-state index in [1.165, 1.54) is 71.4 Å².